The summed E-state index contributed by atoms with van der Waals surface area (Å²) in [5.41, 5.74) is 10.6. The van der Waals surface area contributed by atoms with E-state index in [1.807, 2.05) is 43.3 Å². The van der Waals surface area contributed by atoms with Crippen molar-refractivity contribution in [1.29, 1.82) is 0 Å². The molecule has 3 aliphatic rings. The molecule has 2 aromatic carbocycles. The highest BCUT2D eigenvalue weighted by Gasteiger charge is 2.53. The predicted octanol–water partition coefficient (Wildman–Crippen LogP) is 5.29. The van der Waals surface area contributed by atoms with E-state index in [4.69, 9.17) is 9.47 Å². The topological polar surface area (TPSA) is 96.9 Å². The van der Waals surface area contributed by atoms with Gasteiger partial charge in [-0.1, -0.05) is 50.8 Å². The molecule has 0 fully saturated rings. The fourth-order valence-corrected chi connectivity index (χ4v) is 5.70. The molecule has 3 N–H and O–H groups in total. The molecule has 3 aliphatic carbocycles. The maximum absolute atomic E-state index is 13.5. The number of fused-ring (bicyclic) bond motifs is 2. The number of rotatable bonds is 10. The molecule has 0 heterocycles. The van der Waals surface area contributed by atoms with Crippen molar-refractivity contribution in [2.45, 2.75) is 51.4 Å². The highest BCUT2D eigenvalue weighted by molar-refractivity contribution is 6.76. The number of carbonyl (C=O) groups excluding carboxylic acids is 2. The molecule has 2 aromatic rings. The molecule has 3 unspecified atom stereocenters. The van der Waals surface area contributed by atoms with Crippen molar-refractivity contribution in [1.82, 2.24) is 5.43 Å². The molecule has 0 radical (unpaired) electrons. The highest BCUT2D eigenvalue weighted by Crippen LogP contribution is 2.55. The summed E-state index contributed by atoms with van der Waals surface area (Å²) in [6.45, 7) is 9.28. The van der Waals surface area contributed by atoms with Crippen molar-refractivity contribution in [3.8, 4) is 5.75 Å². The number of nitrogens with one attached hydrogen (secondary N) is 2. The van der Waals surface area contributed by atoms with Gasteiger partial charge in [0, 0.05) is 19.7 Å². The zero-order valence-electron chi connectivity index (χ0n) is 21.5. The second kappa shape index (κ2) is 10.8. The van der Waals surface area contributed by atoms with Gasteiger partial charge in [0.05, 0.1) is 30.7 Å². The number of ether oxygens (including phenoxy) is 2. The van der Waals surface area contributed by atoms with Gasteiger partial charge in [-0.3, -0.25) is 9.59 Å². The van der Waals surface area contributed by atoms with Gasteiger partial charge in [-0.05, 0) is 59.9 Å². The molecular weight excluding hydrogens is 472 g/mol. The molecule has 36 heavy (non-hydrogen) atoms. The van der Waals surface area contributed by atoms with Gasteiger partial charge < -0.3 is 25.4 Å². The van der Waals surface area contributed by atoms with E-state index in [1.165, 1.54) is 0 Å². The van der Waals surface area contributed by atoms with Gasteiger partial charge in [0.15, 0.2) is 0 Å². The molecule has 0 aliphatic heterocycles. The van der Waals surface area contributed by atoms with Crippen LogP contribution in [0.3, 0.4) is 0 Å². The Bertz CT molecular complexity index is 1140. The van der Waals surface area contributed by atoms with Crippen LogP contribution in [0.1, 0.15) is 36.8 Å². The third-order valence-electron chi connectivity index (χ3n) is 6.78. The average Bonchev–Trinajstić information content (AvgIpc) is 2.85. The Morgan fingerprint density at radius 3 is 2.42 bits per heavy atom. The van der Waals surface area contributed by atoms with Crippen LogP contribution in [-0.4, -0.2) is 38.3 Å². The van der Waals surface area contributed by atoms with Crippen LogP contribution < -0.4 is 10.9 Å². The highest BCUT2D eigenvalue weighted by atomic mass is 28.3. The molecule has 0 saturated heterocycles. The monoisotopic (exact) mass is 508 g/mol. The van der Waals surface area contributed by atoms with E-state index in [-0.39, 0.29) is 24.2 Å². The lowest BCUT2D eigenvalue weighted by atomic mass is 9.60. The number of hydrogen-bond acceptors (Lipinski definition) is 7. The number of phenols is 1. The van der Waals surface area contributed by atoms with Crippen LogP contribution in [0.15, 0.2) is 54.2 Å². The van der Waals surface area contributed by atoms with Gasteiger partial charge in [0.25, 0.3) is 0 Å². The van der Waals surface area contributed by atoms with Crippen LogP contribution in [0, 0.1) is 11.8 Å². The maximum Gasteiger partial charge on any atom is 0.314 e. The molecule has 8 heteroatoms. The van der Waals surface area contributed by atoms with Crippen LogP contribution in [0.4, 0.5) is 5.69 Å². The number of aromatic hydroxyl groups is 1. The number of allylic oxidation sites excluding steroid dienone is 1. The van der Waals surface area contributed by atoms with Crippen molar-refractivity contribution in [3.05, 3.63) is 65.4 Å². The number of hydrazine groups is 1. The molecule has 0 saturated carbocycles. The number of anilines is 1. The SMILES string of the molecule is CCCOC(=O)C1C2=C(NNc3ccccc3)CC(c3ccc(O)cc32)C1C(=O)OCC[Si](C)(C)C. The fourth-order valence-electron chi connectivity index (χ4n) is 4.99. The first-order chi connectivity index (χ1) is 17.2. The molecule has 192 valence electrons. The average molecular weight is 509 g/mol. The normalized spacial score (nSPS) is 20.5. The lowest BCUT2D eigenvalue weighted by Crippen LogP contribution is -2.46. The van der Waals surface area contributed by atoms with Gasteiger partial charge in [0.2, 0.25) is 0 Å². The van der Waals surface area contributed by atoms with Crippen LogP contribution in [0.5, 0.6) is 5.75 Å². The second-order valence-electron chi connectivity index (χ2n) is 10.7. The Kier molecular flexibility index (Phi) is 7.73. The zero-order chi connectivity index (χ0) is 25.9. The Morgan fingerprint density at radius 2 is 1.72 bits per heavy atom. The first-order valence-electron chi connectivity index (χ1n) is 12.7. The van der Waals surface area contributed by atoms with E-state index in [0.29, 0.717) is 25.0 Å². The van der Waals surface area contributed by atoms with E-state index in [2.05, 4.69) is 30.5 Å². The third kappa shape index (κ3) is 5.59. The Hall–Kier alpha value is -3.26. The van der Waals surface area contributed by atoms with Gasteiger partial charge in [-0.2, -0.15) is 0 Å². The lowest BCUT2D eigenvalue weighted by Gasteiger charge is -2.44. The van der Waals surface area contributed by atoms with E-state index in [0.717, 1.165) is 28.6 Å². The predicted molar refractivity (Wildman–Crippen MR) is 143 cm³/mol. The summed E-state index contributed by atoms with van der Waals surface area (Å²) in [6.07, 6.45) is 1.22. The Labute approximate surface area is 213 Å². The van der Waals surface area contributed by atoms with E-state index >= 15 is 0 Å². The van der Waals surface area contributed by atoms with Gasteiger partial charge in [-0.15, -0.1) is 0 Å². The first-order valence-corrected chi connectivity index (χ1v) is 16.4. The molecule has 0 spiro atoms. The van der Waals surface area contributed by atoms with Crippen molar-refractivity contribution < 1.29 is 24.2 Å². The van der Waals surface area contributed by atoms with Crippen molar-refractivity contribution in [3.63, 3.8) is 0 Å². The number of para-hydroxylation sites is 1. The fraction of sp³-hybridized carbons (Fsp3) is 0.429. The summed E-state index contributed by atoms with van der Waals surface area (Å²) >= 11 is 0. The summed E-state index contributed by atoms with van der Waals surface area (Å²) in [7, 11) is -1.39. The molecule has 5 rings (SSSR count). The lowest BCUT2D eigenvalue weighted by molar-refractivity contribution is -0.159. The minimum absolute atomic E-state index is 0.110. The smallest absolute Gasteiger partial charge is 0.314 e. The molecule has 0 aromatic heterocycles. The van der Waals surface area contributed by atoms with Crippen molar-refractivity contribution >= 4 is 31.3 Å². The summed E-state index contributed by atoms with van der Waals surface area (Å²) in [4.78, 5) is 26.9. The van der Waals surface area contributed by atoms with Crippen LogP contribution >= 0.6 is 0 Å². The summed E-state index contributed by atoms with van der Waals surface area (Å²) < 4.78 is 11.4. The number of esters is 2. The molecule has 0 amide bonds. The second-order valence-corrected chi connectivity index (χ2v) is 16.4. The minimum atomic E-state index is -1.39. The minimum Gasteiger partial charge on any atom is -0.508 e. The van der Waals surface area contributed by atoms with Gasteiger partial charge >= 0.3 is 11.9 Å². The summed E-state index contributed by atoms with van der Waals surface area (Å²) in [5, 5.41) is 10.3. The number of hydrogen-bond donors (Lipinski definition) is 3. The summed E-state index contributed by atoms with van der Waals surface area (Å²) in [5.74, 6) is -2.45. The largest absolute Gasteiger partial charge is 0.508 e. The van der Waals surface area contributed by atoms with Crippen molar-refractivity contribution in [2.75, 3.05) is 18.6 Å². The third-order valence-corrected chi connectivity index (χ3v) is 8.49. The van der Waals surface area contributed by atoms with Crippen LogP contribution in [-0.2, 0) is 19.1 Å². The maximum atomic E-state index is 13.5. The van der Waals surface area contributed by atoms with E-state index in [1.54, 1.807) is 12.1 Å². The van der Waals surface area contributed by atoms with E-state index in [9.17, 15) is 14.7 Å². The van der Waals surface area contributed by atoms with Gasteiger partial charge in [0.1, 0.15) is 5.75 Å². The molecular formula is C28H36N2O5Si. The number of benzene rings is 2. The molecule has 7 nitrogen and oxygen atoms in total. The molecule has 2 bridgehead atoms. The van der Waals surface area contributed by atoms with Crippen molar-refractivity contribution in [2.24, 2.45) is 11.8 Å². The Balaban J connectivity index is 1.72. The number of carbonyl (C=O) groups is 2. The zero-order valence-corrected chi connectivity index (χ0v) is 22.5. The van der Waals surface area contributed by atoms with Crippen LogP contribution in [0.2, 0.25) is 25.7 Å². The summed E-state index contributed by atoms with van der Waals surface area (Å²) in [6, 6.07) is 15.7. The van der Waals surface area contributed by atoms with Gasteiger partial charge in [-0.25, -0.2) is 0 Å². The standard InChI is InChI=1S/C28H36N2O5Si/c1-5-13-34-28(33)26-24-21-16-19(31)11-12-20(21)22(25(26)27(32)35-14-15-36(2,3)4)17-23(24)30-29-18-9-7-6-8-10-18/h6-12,16,22,25-26,29-31H,5,13-15,17H2,1-4H3. The first kappa shape index (κ1) is 25.8. The number of phenolic OH excluding ortho intramolecular Hbond substituents is 1. The van der Waals surface area contributed by atoms with Crippen LogP contribution in [0.25, 0.3) is 5.57 Å². The Morgan fingerprint density at radius 1 is 1.00 bits per heavy atom. The molecule has 3 atom stereocenters. The van der Waals surface area contributed by atoms with E-state index < -0.39 is 25.9 Å². The quantitative estimate of drug-likeness (QED) is 0.228.